The number of hydrogen-bond acceptors (Lipinski definition) is 4. The Morgan fingerprint density at radius 2 is 2.08 bits per heavy atom. The van der Waals surface area contributed by atoms with E-state index in [1.807, 2.05) is 0 Å². The molecular weight excluding hydrogens is 205 g/mol. The van der Waals surface area contributed by atoms with Crippen molar-refractivity contribution in [2.45, 2.75) is 11.3 Å². The van der Waals surface area contributed by atoms with Gasteiger partial charge >= 0.3 is 6.18 Å². The Labute approximate surface area is 75.4 Å². The molecule has 0 aliphatic heterocycles. The summed E-state index contributed by atoms with van der Waals surface area (Å²) in [4.78, 5) is 0. The molecule has 70 valence electrons. The predicted molar refractivity (Wildman–Crippen MR) is 37.5 cm³/mol. The molecule has 13 heavy (non-hydrogen) atoms. The predicted octanol–water partition coefficient (Wildman–Crippen LogP) is 1.41. The van der Waals surface area contributed by atoms with Gasteiger partial charge in [0.05, 0.1) is 0 Å². The highest BCUT2D eigenvalue weighted by molar-refractivity contribution is 8.03. The summed E-state index contributed by atoms with van der Waals surface area (Å²) in [7, 11) is 1.16. The number of nitrogens with zero attached hydrogens (tertiary/aromatic N) is 4. The molecule has 1 aromatic heterocycles. The van der Waals surface area contributed by atoms with Crippen LogP contribution in [0.25, 0.3) is 0 Å². The molecule has 1 aromatic rings. The Balaban J connectivity index is 3.08. The molecule has 0 aromatic carbocycles. The zero-order valence-corrected chi connectivity index (χ0v) is 7.15. The summed E-state index contributed by atoms with van der Waals surface area (Å²) in [5, 5.41) is 15.9. The molecule has 0 atom stereocenters. The maximum Gasteiger partial charge on any atom is 0.451 e. The third-order valence-electron chi connectivity index (χ3n) is 1.23. The summed E-state index contributed by atoms with van der Waals surface area (Å²) in [6, 6.07) is 0. The Kier molecular flexibility index (Phi) is 2.47. The van der Waals surface area contributed by atoms with Crippen molar-refractivity contribution < 1.29 is 13.2 Å². The molecule has 0 bridgehead atoms. The van der Waals surface area contributed by atoms with Crippen molar-refractivity contribution in [2.24, 2.45) is 7.05 Å². The third kappa shape index (κ3) is 1.92. The van der Waals surface area contributed by atoms with E-state index < -0.39 is 12.0 Å². The van der Waals surface area contributed by atoms with Crippen LogP contribution in [0.3, 0.4) is 0 Å². The average molecular weight is 208 g/mol. The van der Waals surface area contributed by atoms with Crippen LogP contribution < -0.4 is 0 Å². The number of alkyl halides is 3. The van der Waals surface area contributed by atoms with Gasteiger partial charge in [-0.1, -0.05) is 0 Å². The van der Waals surface area contributed by atoms with Gasteiger partial charge in [-0.05, 0) is 0 Å². The fourth-order valence-corrected chi connectivity index (χ4v) is 1.08. The lowest BCUT2D eigenvalue weighted by Gasteiger charge is -2.04. The summed E-state index contributed by atoms with van der Waals surface area (Å²) in [6.45, 7) is 0. The van der Waals surface area contributed by atoms with Crippen molar-refractivity contribution >= 4 is 11.8 Å². The first-order valence-electron chi connectivity index (χ1n) is 2.99. The average Bonchev–Trinajstić information content (AvgIpc) is 2.32. The highest BCUT2D eigenvalue weighted by atomic mass is 32.2. The Morgan fingerprint density at radius 3 is 2.46 bits per heavy atom. The molecule has 0 N–H and O–H groups in total. The fourth-order valence-electron chi connectivity index (χ4n) is 0.691. The van der Waals surface area contributed by atoms with E-state index in [1.165, 1.54) is 0 Å². The number of aromatic nitrogens is 3. The smallest absolute Gasteiger partial charge is 0.301 e. The van der Waals surface area contributed by atoms with Gasteiger partial charge in [0.1, 0.15) is 5.40 Å². The molecule has 0 aliphatic carbocycles. The molecule has 0 unspecified atom stereocenters. The Hall–Kier alpha value is -1.23. The maximum atomic E-state index is 12.1. The first-order valence-corrected chi connectivity index (χ1v) is 3.81. The summed E-state index contributed by atoms with van der Waals surface area (Å²) in [6.07, 6.45) is -4.53. The molecule has 8 heteroatoms. The van der Waals surface area contributed by atoms with Crippen LogP contribution in [0.15, 0.2) is 5.16 Å². The third-order valence-corrected chi connectivity index (χ3v) is 1.85. The normalized spacial score (nSPS) is 11.3. The second kappa shape index (κ2) is 3.26. The van der Waals surface area contributed by atoms with Crippen LogP contribution in [-0.2, 0) is 13.2 Å². The van der Waals surface area contributed by atoms with E-state index in [9.17, 15) is 13.2 Å². The standard InChI is InChI=1S/C5H3F3N4S/c1-12-3(5(6,7)8)10-11-4(12)13-2-9/h1H3. The molecule has 0 spiro atoms. The number of thioether (sulfide) groups is 1. The number of rotatable bonds is 1. The minimum atomic E-state index is -4.53. The van der Waals surface area contributed by atoms with Crippen LogP contribution in [0.4, 0.5) is 13.2 Å². The Bertz CT molecular complexity index is 350. The van der Waals surface area contributed by atoms with Gasteiger partial charge in [-0.15, -0.1) is 10.2 Å². The maximum absolute atomic E-state index is 12.1. The van der Waals surface area contributed by atoms with Crippen LogP contribution in [0.1, 0.15) is 5.82 Å². The van der Waals surface area contributed by atoms with Gasteiger partial charge in [-0.25, -0.2) is 0 Å². The van der Waals surface area contributed by atoms with Gasteiger partial charge in [-0.3, -0.25) is 0 Å². The SMILES string of the molecule is Cn1c(SC#N)nnc1C(F)(F)F. The van der Waals surface area contributed by atoms with Crippen molar-refractivity contribution in [3.8, 4) is 5.40 Å². The van der Waals surface area contributed by atoms with Crippen molar-refractivity contribution in [3.63, 3.8) is 0 Å². The molecule has 0 radical (unpaired) electrons. The molecule has 1 heterocycles. The lowest BCUT2D eigenvalue weighted by molar-refractivity contribution is -0.147. The largest absolute Gasteiger partial charge is 0.451 e. The van der Waals surface area contributed by atoms with Crippen LogP contribution in [0.2, 0.25) is 0 Å². The van der Waals surface area contributed by atoms with E-state index in [2.05, 4.69) is 10.2 Å². The molecule has 0 saturated heterocycles. The van der Waals surface area contributed by atoms with E-state index in [0.29, 0.717) is 11.8 Å². The molecule has 0 saturated carbocycles. The highest BCUT2D eigenvalue weighted by Crippen LogP contribution is 2.29. The minimum Gasteiger partial charge on any atom is -0.301 e. The van der Waals surface area contributed by atoms with Crippen molar-refractivity contribution in [1.29, 1.82) is 5.26 Å². The van der Waals surface area contributed by atoms with Gasteiger partial charge in [0.2, 0.25) is 11.0 Å². The molecule has 1 rings (SSSR count). The lowest BCUT2D eigenvalue weighted by atomic mass is 10.6. The zero-order valence-electron chi connectivity index (χ0n) is 6.33. The van der Waals surface area contributed by atoms with Gasteiger partial charge in [0.15, 0.2) is 0 Å². The van der Waals surface area contributed by atoms with Crippen LogP contribution in [0.5, 0.6) is 0 Å². The van der Waals surface area contributed by atoms with Crippen molar-refractivity contribution in [1.82, 2.24) is 14.8 Å². The number of halogens is 3. The van der Waals surface area contributed by atoms with Crippen molar-refractivity contribution in [3.05, 3.63) is 5.82 Å². The summed E-state index contributed by atoms with van der Waals surface area (Å²) >= 11 is 0.534. The second-order valence-corrected chi connectivity index (χ2v) is 2.81. The van der Waals surface area contributed by atoms with Gasteiger partial charge in [0.25, 0.3) is 0 Å². The van der Waals surface area contributed by atoms with Gasteiger partial charge in [-0.2, -0.15) is 18.4 Å². The molecular formula is C5H3F3N4S. The second-order valence-electron chi connectivity index (χ2n) is 2.06. The summed E-state index contributed by atoms with van der Waals surface area (Å²) in [5.41, 5.74) is 0. The van der Waals surface area contributed by atoms with E-state index in [0.717, 1.165) is 11.6 Å². The minimum absolute atomic E-state index is 0.0742. The highest BCUT2D eigenvalue weighted by Gasteiger charge is 2.37. The van der Waals surface area contributed by atoms with Gasteiger partial charge in [0, 0.05) is 18.8 Å². The summed E-state index contributed by atoms with van der Waals surface area (Å²) in [5.74, 6) is -1.11. The number of nitriles is 1. The van der Waals surface area contributed by atoms with E-state index in [1.54, 1.807) is 5.40 Å². The quantitative estimate of drug-likeness (QED) is 0.517. The molecule has 0 fully saturated rings. The zero-order chi connectivity index (χ0) is 10.1. The van der Waals surface area contributed by atoms with Crippen molar-refractivity contribution in [2.75, 3.05) is 0 Å². The monoisotopic (exact) mass is 208 g/mol. The molecule has 0 aliphatic rings. The first kappa shape index (κ1) is 9.85. The number of thiocyanates is 1. The first-order chi connectivity index (χ1) is 5.96. The van der Waals surface area contributed by atoms with E-state index >= 15 is 0 Å². The van der Waals surface area contributed by atoms with E-state index in [-0.39, 0.29) is 5.16 Å². The molecule has 0 amide bonds. The van der Waals surface area contributed by atoms with Crippen LogP contribution in [-0.4, -0.2) is 14.8 Å². The molecule has 4 nitrogen and oxygen atoms in total. The Morgan fingerprint density at radius 1 is 1.46 bits per heavy atom. The fraction of sp³-hybridized carbons (Fsp3) is 0.400. The number of hydrogen-bond donors (Lipinski definition) is 0. The summed E-state index contributed by atoms with van der Waals surface area (Å²) < 4.78 is 37.0. The lowest BCUT2D eigenvalue weighted by Crippen LogP contribution is -2.12. The van der Waals surface area contributed by atoms with Crippen LogP contribution >= 0.6 is 11.8 Å². The van der Waals surface area contributed by atoms with Crippen LogP contribution in [0, 0.1) is 10.7 Å². The van der Waals surface area contributed by atoms with Gasteiger partial charge < -0.3 is 4.57 Å². The topological polar surface area (TPSA) is 54.5 Å². The van der Waals surface area contributed by atoms with E-state index in [4.69, 9.17) is 5.26 Å².